The summed E-state index contributed by atoms with van der Waals surface area (Å²) in [5, 5.41) is 79.5. The van der Waals surface area contributed by atoms with Gasteiger partial charge in [0.25, 0.3) is 0 Å². The summed E-state index contributed by atoms with van der Waals surface area (Å²) in [6.07, 6.45) is 10.3. The maximum absolute atomic E-state index is 13.3. The molecule has 0 spiro atoms. The maximum Gasteiger partial charge on any atom is 0.313 e. The van der Waals surface area contributed by atoms with Gasteiger partial charge >= 0.3 is 11.9 Å². The molecule has 3 rings (SSSR count). The smallest absolute Gasteiger partial charge is 0.313 e. The van der Waals surface area contributed by atoms with E-state index in [0.717, 1.165) is 0 Å². The Labute approximate surface area is 483 Å². The number of aliphatic hydroxyl groups is 7. The van der Waals surface area contributed by atoms with Gasteiger partial charge in [-0.1, -0.05) is 113 Å². The zero-order chi connectivity index (χ0) is 60.7. The zero-order valence-corrected chi connectivity index (χ0v) is 48.5. The van der Waals surface area contributed by atoms with E-state index in [1.807, 2.05) is 70.2 Å². The molecule has 456 valence electrons. The van der Waals surface area contributed by atoms with Gasteiger partial charge in [0.2, 0.25) is 0 Å². The predicted molar refractivity (Wildman–Crippen MR) is 310 cm³/mol. The summed E-state index contributed by atoms with van der Waals surface area (Å²) in [4.78, 5) is 78.5. The third-order valence-corrected chi connectivity index (χ3v) is 14.5. The number of nitrogens with two attached hydrogens (primary N) is 1. The fourth-order valence-corrected chi connectivity index (χ4v) is 9.95. The molecule has 0 radical (unpaired) electrons. The Morgan fingerprint density at radius 1 is 0.720 bits per heavy atom. The van der Waals surface area contributed by atoms with Gasteiger partial charge in [-0.15, -0.1) is 0 Å². The van der Waals surface area contributed by atoms with Crippen LogP contribution in [0.1, 0.15) is 135 Å². The molecule has 1 saturated heterocycles. The van der Waals surface area contributed by atoms with Crippen molar-refractivity contribution >= 4 is 40.8 Å². The van der Waals surface area contributed by atoms with E-state index in [0.29, 0.717) is 24.2 Å². The third kappa shape index (κ3) is 26.8. The molecular weight excluding hydrogens is 1060 g/mol. The van der Waals surface area contributed by atoms with Crippen molar-refractivity contribution in [1.82, 2.24) is 5.32 Å². The van der Waals surface area contributed by atoms with E-state index in [-0.39, 0.29) is 87.9 Å². The number of carbonyl (C=O) groups excluding carboxylic acids is 6. The van der Waals surface area contributed by atoms with Crippen molar-refractivity contribution in [3.63, 3.8) is 0 Å². The Morgan fingerprint density at radius 3 is 1.87 bits per heavy atom. The number of allylic oxidation sites excluding steroid dienone is 12. The number of ketones is 4. The van der Waals surface area contributed by atoms with E-state index < -0.39 is 128 Å². The van der Waals surface area contributed by atoms with Gasteiger partial charge in [-0.2, -0.15) is 0 Å². The van der Waals surface area contributed by atoms with Crippen LogP contribution in [0.3, 0.4) is 0 Å². The molecule has 0 aromatic heterocycles. The molecule has 16 unspecified atom stereocenters. The number of carbonyl (C=O) groups is 6. The number of anilines is 1. The lowest BCUT2D eigenvalue weighted by atomic mass is 9.83. The van der Waals surface area contributed by atoms with E-state index in [4.69, 9.17) is 24.7 Å². The number of cyclic esters (lactones) is 1. The Bertz CT molecular complexity index is 2340. The first-order valence-corrected chi connectivity index (χ1v) is 28.8. The maximum atomic E-state index is 13.3. The minimum absolute atomic E-state index is 0.00951. The SMILES string of the molecule is CCNC1C(O)C(C)OC(OC2C=CC=CC=CC=CC=CC=CC=CC(C)C(C(C)CC(C)C(O)CC(=O)c3ccc(N)cc3)OC(=O)CC(=O)CCCC(=O)CC(O)CC(O)CC(O)CC(=O)CC(O)C(C(=O)OCC)CC2)C1O. The van der Waals surface area contributed by atoms with Gasteiger partial charge in [-0.3, -0.25) is 28.8 Å². The van der Waals surface area contributed by atoms with Crippen molar-refractivity contribution in [2.45, 2.75) is 198 Å². The summed E-state index contributed by atoms with van der Waals surface area (Å²) in [5.41, 5.74) is 6.71. The van der Waals surface area contributed by atoms with Crippen molar-refractivity contribution in [1.29, 1.82) is 0 Å². The molecule has 1 aromatic carbocycles. The van der Waals surface area contributed by atoms with Gasteiger partial charge in [0.15, 0.2) is 12.1 Å². The minimum Gasteiger partial charge on any atom is -0.466 e. The highest BCUT2D eigenvalue weighted by Gasteiger charge is 2.44. The number of nitrogen functional groups attached to an aromatic ring is 1. The first kappa shape index (κ1) is 70.7. The first-order chi connectivity index (χ1) is 39.0. The largest absolute Gasteiger partial charge is 0.466 e. The summed E-state index contributed by atoms with van der Waals surface area (Å²) in [5.74, 6) is -5.49. The van der Waals surface area contributed by atoms with Crippen LogP contribution in [-0.2, 0) is 42.9 Å². The summed E-state index contributed by atoms with van der Waals surface area (Å²) in [6, 6.07) is 5.68. The highest BCUT2D eigenvalue weighted by molar-refractivity contribution is 5.97. The Kier molecular flexibility index (Phi) is 33.0. The average molecular weight is 1150 g/mol. The lowest BCUT2D eigenvalue weighted by Crippen LogP contribution is -2.63. The van der Waals surface area contributed by atoms with Crippen LogP contribution in [0.5, 0.6) is 0 Å². The monoisotopic (exact) mass is 1150 g/mol. The molecule has 2 heterocycles. The summed E-state index contributed by atoms with van der Waals surface area (Å²) < 4.78 is 23.4. The molecule has 0 aliphatic carbocycles. The number of ether oxygens (including phenoxy) is 4. The van der Waals surface area contributed by atoms with Gasteiger partial charge in [0.1, 0.15) is 36.0 Å². The molecule has 0 bridgehead atoms. The van der Waals surface area contributed by atoms with Crippen LogP contribution in [0.4, 0.5) is 5.69 Å². The Morgan fingerprint density at radius 2 is 1.28 bits per heavy atom. The molecule has 19 nitrogen and oxygen atoms in total. The number of aliphatic hydroxyl groups excluding tert-OH is 7. The highest BCUT2D eigenvalue weighted by atomic mass is 16.7. The first-order valence-electron chi connectivity index (χ1n) is 28.8. The number of hydrogen-bond acceptors (Lipinski definition) is 19. The number of esters is 2. The second-order valence-electron chi connectivity index (χ2n) is 21.7. The van der Waals surface area contributed by atoms with Gasteiger partial charge in [-0.25, -0.2) is 0 Å². The number of Topliss-reactive ketones (excluding diaryl/α,β-unsaturated/α-hetero) is 4. The predicted octanol–water partition coefficient (Wildman–Crippen LogP) is 5.77. The van der Waals surface area contributed by atoms with Gasteiger partial charge in [0, 0.05) is 55.7 Å². The summed E-state index contributed by atoms with van der Waals surface area (Å²) in [6.45, 7) is 11.1. The normalized spacial score (nSPS) is 30.2. The van der Waals surface area contributed by atoms with E-state index in [2.05, 4.69) is 5.32 Å². The highest BCUT2D eigenvalue weighted by Crippen LogP contribution is 2.30. The van der Waals surface area contributed by atoms with E-state index in [1.54, 1.807) is 80.6 Å². The van der Waals surface area contributed by atoms with E-state index >= 15 is 0 Å². The van der Waals surface area contributed by atoms with Gasteiger partial charge in [-0.05, 0) is 95.0 Å². The average Bonchev–Trinajstić information content (AvgIpc) is 3.53. The standard InChI is InChI=1S/C63H92N2O17/c1-7-65-58-59(76)43(6)80-63(60(58)77)81-52-25-20-18-16-14-12-10-9-11-13-15-17-19-22-40(3)61(42(5)32-41(4)54(72)39-55(73)44-26-28-45(64)29-27-44)82-57(75)38-47(67)24-21-23-46(66)33-48(68)34-49(69)35-50(70)36-51(71)37-56(74)53(31-30-52)62(78)79-8-2/h9-20,22,25-29,40-43,48-50,52-54,56,58-61,63,65,68-70,72,74,76-77H,7-8,21,23-24,30-39,64H2,1-6H3. The topological polar surface area (TPSA) is 319 Å². The molecule has 2 aliphatic rings. The van der Waals surface area contributed by atoms with Crippen LogP contribution in [0.25, 0.3) is 0 Å². The summed E-state index contributed by atoms with van der Waals surface area (Å²) >= 11 is 0. The Balaban J connectivity index is 1.85. The number of rotatable bonds is 13. The van der Waals surface area contributed by atoms with Crippen molar-refractivity contribution in [3.05, 3.63) is 115 Å². The number of likely N-dealkylation sites (N-methyl/N-ethyl adjacent to an activating group) is 1. The molecule has 2 aliphatic heterocycles. The van der Waals surface area contributed by atoms with Crippen molar-refractivity contribution in [2.75, 3.05) is 18.9 Å². The fraction of sp³-hybridized carbons (Fsp3) is 0.587. The van der Waals surface area contributed by atoms with Gasteiger partial charge < -0.3 is 65.7 Å². The van der Waals surface area contributed by atoms with Crippen LogP contribution in [0, 0.1) is 23.7 Å². The van der Waals surface area contributed by atoms with Crippen LogP contribution < -0.4 is 11.1 Å². The molecule has 16 atom stereocenters. The molecular formula is C63H92N2O17. The number of benzene rings is 1. The molecule has 19 heteroatoms. The van der Waals surface area contributed by atoms with Crippen LogP contribution in [0.2, 0.25) is 0 Å². The fourth-order valence-electron chi connectivity index (χ4n) is 9.95. The van der Waals surface area contributed by atoms with Crippen LogP contribution in [-0.4, -0.2) is 157 Å². The molecule has 0 amide bonds. The zero-order valence-electron chi connectivity index (χ0n) is 48.5. The minimum atomic E-state index is -1.54. The molecule has 82 heavy (non-hydrogen) atoms. The van der Waals surface area contributed by atoms with E-state index in [9.17, 15) is 64.5 Å². The number of hydrogen-bond donors (Lipinski definition) is 9. The molecule has 1 aromatic rings. The van der Waals surface area contributed by atoms with Crippen molar-refractivity contribution in [2.24, 2.45) is 23.7 Å². The second-order valence-corrected chi connectivity index (χ2v) is 21.7. The second kappa shape index (κ2) is 38.3. The summed E-state index contributed by atoms with van der Waals surface area (Å²) in [7, 11) is 0. The van der Waals surface area contributed by atoms with Gasteiger partial charge in [0.05, 0.1) is 67.4 Å². The third-order valence-electron chi connectivity index (χ3n) is 14.5. The van der Waals surface area contributed by atoms with Crippen molar-refractivity contribution < 1.29 is 83.5 Å². The van der Waals surface area contributed by atoms with Crippen LogP contribution >= 0.6 is 0 Å². The lowest BCUT2D eigenvalue weighted by molar-refractivity contribution is -0.279. The lowest BCUT2D eigenvalue weighted by Gasteiger charge is -2.42. The van der Waals surface area contributed by atoms with E-state index in [1.165, 1.54) is 0 Å². The molecule has 10 N–H and O–H groups in total. The quantitative estimate of drug-likeness (QED) is 0.0490. The van der Waals surface area contributed by atoms with Crippen molar-refractivity contribution in [3.8, 4) is 0 Å². The molecule has 1 fully saturated rings. The van der Waals surface area contributed by atoms with Crippen LogP contribution in [0.15, 0.2) is 109 Å². The number of nitrogens with one attached hydrogen (secondary N) is 1. The Hall–Kier alpha value is -5.58. The molecule has 0 saturated carbocycles.